The van der Waals surface area contributed by atoms with Crippen molar-refractivity contribution in [2.45, 2.75) is 196 Å². The molecule has 390 valence electrons. The molecule has 0 unspecified atom stereocenters. The molecule has 0 aromatic heterocycles. The summed E-state index contributed by atoms with van der Waals surface area (Å²) >= 11 is 0. The average Bonchev–Trinajstić information content (AvgIpc) is 3.20. The first-order valence-electron chi connectivity index (χ1n) is 23.1. The summed E-state index contributed by atoms with van der Waals surface area (Å²) in [6, 6.07) is 16.4. The fourth-order valence-corrected chi connectivity index (χ4v) is 5.78. The van der Waals surface area contributed by atoms with Crippen molar-refractivity contribution < 1.29 is 76.5 Å². The molecule has 2 aromatic carbocycles. The molecule has 18 heteroatoms. The third-order valence-corrected chi connectivity index (χ3v) is 9.10. The predicted molar refractivity (Wildman–Crippen MR) is 257 cm³/mol. The normalized spacial score (nSPS) is 14.5. The number of amides is 4. The van der Waals surface area contributed by atoms with Gasteiger partial charge in [0.25, 0.3) is 0 Å². The van der Waals surface area contributed by atoms with Gasteiger partial charge in [-0.05, 0) is 122 Å². The van der Waals surface area contributed by atoms with E-state index in [9.17, 15) is 33.9 Å². The summed E-state index contributed by atoms with van der Waals surface area (Å²) in [5.41, 5.74) is -1.66. The van der Waals surface area contributed by atoms with Crippen molar-refractivity contribution in [3.63, 3.8) is 0 Å². The first-order valence-corrected chi connectivity index (χ1v) is 23.1. The fourth-order valence-electron chi connectivity index (χ4n) is 5.78. The Hall–Kier alpha value is -5.30. The summed E-state index contributed by atoms with van der Waals surface area (Å²) in [5, 5.41) is 9.43. The maximum Gasteiger partial charge on any atom is 0.420 e. The van der Waals surface area contributed by atoms with Crippen molar-refractivity contribution in [2.24, 2.45) is 0 Å². The van der Waals surface area contributed by atoms with Crippen molar-refractivity contribution in [1.29, 1.82) is 0 Å². The van der Waals surface area contributed by atoms with Crippen LogP contribution >= 0.6 is 0 Å². The summed E-state index contributed by atoms with van der Waals surface area (Å²) in [7, 11) is 1.58. The largest absolute Gasteiger partial charge is 0.458 e. The number of nitrogens with zero attached hydrogens (tertiary/aromatic N) is 2. The Balaban J connectivity index is 0.000000690. The topological polar surface area (TPSA) is 212 Å². The third-order valence-electron chi connectivity index (χ3n) is 9.10. The van der Waals surface area contributed by atoms with Gasteiger partial charge in [0.1, 0.15) is 46.7 Å². The van der Waals surface area contributed by atoms with Crippen LogP contribution in [0, 0.1) is 0 Å². The van der Waals surface area contributed by atoms with E-state index < -0.39 is 95.2 Å². The van der Waals surface area contributed by atoms with Gasteiger partial charge in [-0.25, -0.2) is 28.8 Å². The van der Waals surface area contributed by atoms with Gasteiger partial charge in [0.15, 0.2) is 0 Å². The minimum atomic E-state index is -1.32. The number of benzene rings is 2. The first kappa shape index (κ1) is 61.7. The molecule has 0 radical (unpaired) electrons. The van der Waals surface area contributed by atoms with E-state index in [1.54, 1.807) is 104 Å². The molecule has 0 aliphatic carbocycles. The van der Waals surface area contributed by atoms with E-state index >= 15 is 0 Å². The highest BCUT2D eigenvalue weighted by Gasteiger charge is 2.41. The summed E-state index contributed by atoms with van der Waals surface area (Å²) in [4.78, 5) is 78.3. The number of imide groups is 2. The molecule has 4 amide bonds. The Kier molecular flexibility index (Phi) is 25.4. The zero-order chi connectivity index (χ0) is 52.9. The molecule has 6 atom stereocenters. The molecule has 0 fully saturated rings. The lowest BCUT2D eigenvalue weighted by Gasteiger charge is -2.32. The van der Waals surface area contributed by atoms with Crippen LogP contribution in [0.1, 0.15) is 135 Å². The second-order valence-corrected chi connectivity index (χ2v) is 20.3. The lowest BCUT2D eigenvalue weighted by Crippen LogP contribution is -2.52. The summed E-state index contributed by atoms with van der Waals surface area (Å²) in [6.07, 6.45) is -5.84. The van der Waals surface area contributed by atoms with E-state index in [2.05, 4.69) is 0 Å². The minimum Gasteiger partial charge on any atom is -0.458 e. The number of aliphatic hydroxyl groups excluding tert-OH is 1. The Bertz CT molecular complexity index is 1830. The maximum absolute atomic E-state index is 13.0. The second-order valence-electron chi connectivity index (χ2n) is 20.3. The highest BCUT2D eigenvalue weighted by atomic mass is 16.6. The highest BCUT2D eigenvalue weighted by molar-refractivity contribution is 5.94. The molecule has 69 heavy (non-hydrogen) atoms. The number of hydrogen-bond donors (Lipinski definition) is 1. The van der Waals surface area contributed by atoms with E-state index in [0.717, 1.165) is 11.1 Å². The molecule has 0 saturated carbocycles. The van der Waals surface area contributed by atoms with Gasteiger partial charge in [0.05, 0.1) is 25.4 Å². The van der Waals surface area contributed by atoms with E-state index in [4.69, 9.17) is 42.6 Å². The predicted octanol–water partition coefficient (Wildman–Crippen LogP) is 9.55. The minimum absolute atomic E-state index is 0.168. The van der Waals surface area contributed by atoms with Crippen LogP contribution in [0.5, 0.6) is 0 Å². The lowest BCUT2D eigenvalue weighted by atomic mass is 10.1. The molecule has 0 aliphatic heterocycles. The smallest absolute Gasteiger partial charge is 0.420 e. The van der Waals surface area contributed by atoms with Gasteiger partial charge in [0.2, 0.25) is 0 Å². The number of ether oxygens (including phenoxy) is 9. The molecular weight excluding hydrogens is 897 g/mol. The summed E-state index contributed by atoms with van der Waals surface area (Å²) in [5.74, 6) is -1.63. The molecule has 0 bridgehead atoms. The van der Waals surface area contributed by atoms with E-state index in [0.29, 0.717) is 29.4 Å². The maximum atomic E-state index is 13.0. The molecule has 0 aliphatic rings. The number of aliphatic hydroxyl groups is 1. The number of esters is 2. The average molecular weight is 977 g/mol. The van der Waals surface area contributed by atoms with Crippen LogP contribution in [-0.2, 0) is 65.4 Å². The van der Waals surface area contributed by atoms with Crippen LogP contribution < -0.4 is 0 Å². The molecular formula is C51H80N2O16. The summed E-state index contributed by atoms with van der Waals surface area (Å²) in [6.45, 7) is 26.7. The zero-order valence-corrected chi connectivity index (χ0v) is 43.9. The highest BCUT2D eigenvalue weighted by Crippen LogP contribution is 2.22. The van der Waals surface area contributed by atoms with Gasteiger partial charge in [-0.3, -0.25) is 0 Å². The van der Waals surface area contributed by atoms with Crippen molar-refractivity contribution in [3.05, 3.63) is 71.8 Å². The molecule has 0 saturated heterocycles. The van der Waals surface area contributed by atoms with Crippen molar-refractivity contribution >= 4 is 36.3 Å². The number of methoxy groups -OCH3 is 1. The monoisotopic (exact) mass is 977 g/mol. The van der Waals surface area contributed by atoms with Gasteiger partial charge in [0, 0.05) is 33.2 Å². The van der Waals surface area contributed by atoms with Gasteiger partial charge < -0.3 is 47.7 Å². The van der Waals surface area contributed by atoms with Gasteiger partial charge in [-0.2, -0.15) is 9.80 Å². The molecule has 1 N–H and O–H groups in total. The van der Waals surface area contributed by atoms with Crippen LogP contribution in [-0.4, -0.2) is 130 Å². The number of carbonyl (C=O) groups is 6. The number of carbonyl (C=O) groups excluding carboxylic acids is 6. The van der Waals surface area contributed by atoms with Crippen molar-refractivity contribution in [2.75, 3.05) is 20.3 Å². The zero-order valence-electron chi connectivity index (χ0n) is 43.9. The third kappa shape index (κ3) is 25.2. The quantitative estimate of drug-likeness (QED) is 0.103. The Labute approximate surface area is 409 Å². The number of rotatable bonds is 19. The van der Waals surface area contributed by atoms with Gasteiger partial charge in [-0.1, -0.05) is 60.7 Å². The lowest BCUT2D eigenvalue weighted by molar-refractivity contribution is -0.163. The van der Waals surface area contributed by atoms with Crippen LogP contribution in [0.25, 0.3) is 0 Å². The van der Waals surface area contributed by atoms with Crippen molar-refractivity contribution in [3.8, 4) is 0 Å². The molecule has 0 spiro atoms. The van der Waals surface area contributed by atoms with Crippen LogP contribution in [0.2, 0.25) is 0 Å². The molecule has 18 nitrogen and oxygen atoms in total. The van der Waals surface area contributed by atoms with Crippen LogP contribution in [0.15, 0.2) is 60.7 Å². The Morgan fingerprint density at radius 2 is 0.783 bits per heavy atom. The SMILES string of the molecule is COCC[C@@H](OCc1ccccc1)[C@H](C)OC(=O)[C@H](C)N(C(=O)OC(C)(C)C)C(=O)OC(C)(C)C.C[C@H](OC(=O)[C@H](C)N(C(=O)OC(C)(C)C)C(=O)OC(C)(C)C)[C@@H](CCO)OCc1ccccc1. The molecule has 2 aromatic rings. The Morgan fingerprint density at radius 1 is 0.493 bits per heavy atom. The van der Waals surface area contributed by atoms with Crippen LogP contribution in [0.3, 0.4) is 0 Å². The van der Waals surface area contributed by atoms with Crippen molar-refractivity contribution in [1.82, 2.24) is 9.80 Å². The molecule has 2 rings (SSSR count). The fraction of sp³-hybridized carbons (Fsp3) is 0.647. The second kappa shape index (κ2) is 28.4. The van der Waals surface area contributed by atoms with E-state index in [-0.39, 0.29) is 19.6 Å². The number of hydrogen-bond acceptors (Lipinski definition) is 16. The molecule has 0 heterocycles. The van der Waals surface area contributed by atoms with Gasteiger partial charge >= 0.3 is 36.3 Å². The Morgan fingerprint density at radius 3 is 1.04 bits per heavy atom. The first-order chi connectivity index (χ1) is 31.8. The van der Waals surface area contributed by atoms with E-state index in [1.165, 1.54) is 13.8 Å². The van der Waals surface area contributed by atoms with Crippen LogP contribution in [0.4, 0.5) is 19.2 Å². The summed E-state index contributed by atoms with van der Waals surface area (Å²) < 4.78 is 49.5. The van der Waals surface area contributed by atoms with Gasteiger partial charge in [-0.15, -0.1) is 0 Å². The standard InChI is InChI=1S/C26H41NO8.C25H39NO8/c1-18(27(23(29)34-25(3,4)5)24(30)35-26(6,7)8)22(28)33-19(2)21(15-16-31-9)32-17-20-13-11-10-12-14-20;1-17(26(22(29)33-24(3,4)5)23(30)34-25(6,7)8)21(28)32-18(2)20(14-15-27)31-16-19-12-10-9-11-13-19/h10-14,18-19,21H,15-17H2,1-9H3;9-13,17-18,20,27H,14-16H2,1-8H3/t18-,19-,21+;17-,18-,20+/m00/s1. The van der Waals surface area contributed by atoms with E-state index in [1.807, 2.05) is 60.7 Å².